The van der Waals surface area contributed by atoms with Gasteiger partial charge in [-0.3, -0.25) is 9.59 Å². The standard InChI is InChI=1S/C23H28N2O3/c26-21(25-7-6-20(24-25)19-4-2-1-3-5-19)15-28-22(27)14-23-11-16-8-17(12-23)10-18(9-16)13-23/h1-5,16-18H,6-15H2. The molecule has 0 spiro atoms. The lowest BCUT2D eigenvalue weighted by molar-refractivity contribution is -0.157. The van der Waals surface area contributed by atoms with Gasteiger partial charge < -0.3 is 4.74 Å². The van der Waals surface area contributed by atoms with Crippen LogP contribution in [0.2, 0.25) is 0 Å². The van der Waals surface area contributed by atoms with Crippen LogP contribution in [0.25, 0.3) is 0 Å². The van der Waals surface area contributed by atoms with E-state index < -0.39 is 0 Å². The predicted molar refractivity (Wildman–Crippen MR) is 105 cm³/mol. The Hall–Kier alpha value is -2.17. The van der Waals surface area contributed by atoms with Crippen LogP contribution in [0.3, 0.4) is 0 Å². The third kappa shape index (κ3) is 3.47. The van der Waals surface area contributed by atoms with Crippen molar-refractivity contribution in [2.75, 3.05) is 13.2 Å². The second-order valence-corrected chi connectivity index (χ2v) is 9.43. The van der Waals surface area contributed by atoms with Gasteiger partial charge in [0.2, 0.25) is 0 Å². The number of esters is 1. The molecule has 0 N–H and O–H groups in total. The first-order valence-corrected chi connectivity index (χ1v) is 10.7. The topological polar surface area (TPSA) is 59.0 Å². The van der Waals surface area contributed by atoms with Crippen LogP contribution < -0.4 is 0 Å². The minimum absolute atomic E-state index is 0.154. The molecular weight excluding hydrogens is 352 g/mol. The summed E-state index contributed by atoms with van der Waals surface area (Å²) in [6.45, 7) is 0.354. The number of carbonyl (C=O) groups is 2. The Morgan fingerprint density at radius 2 is 1.68 bits per heavy atom. The van der Waals surface area contributed by atoms with Crippen LogP contribution in [-0.2, 0) is 14.3 Å². The number of hydrogen-bond donors (Lipinski definition) is 0. The van der Waals surface area contributed by atoms with Crippen LogP contribution in [0.1, 0.15) is 56.9 Å². The first-order chi connectivity index (χ1) is 13.6. The third-order valence-electron chi connectivity index (χ3n) is 7.24. The zero-order valence-electron chi connectivity index (χ0n) is 16.3. The largest absolute Gasteiger partial charge is 0.455 e. The van der Waals surface area contributed by atoms with E-state index >= 15 is 0 Å². The summed E-state index contributed by atoms with van der Waals surface area (Å²) in [5.41, 5.74) is 2.10. The van der Waals surface area contributed by atoms with E-state index in [-0.39, 0.29) is 23.9 Å². The summed E-state index contributed by atoms with van der Waals surface area (Å²) in [5.74, 6) is 2.01. The third-order valence-corrected chi connectivity index (χ3v) is 7.24. The van der Waals surface area contributed by atoms with Crippen molar-refractivity contribution in [1.29, 1.82) is 0 Å². The quantitative estimate of drug-likeness (QED) is 0.731. The lowest BCUT2D eigenvalue weighted by atomic mass is 9.49. The van der Waals surface area contributed by atoms with E-state index in [9.17, 15) is 9.59 Å². The zero-order valence-corrected chi connectivity index (χ0v) is 16.3. The lowest BCUT2D eigenvalue weighted by Crippen LogP contribution is -2.47. The van der Waals surface area contributed by atoms with Crippen LogP contribution in [-0.4, -0.2) is 35.7 Å². The van der Waals surface area contributed by atoms with Crippen molar-refractivity contribution in [3.05, 3.63) is 35.9 Å². The summed E-state index contributed by atoms with van der Waals surface area (Å²) < 4.78 is 5.40. The first kappa shape index (κ1) is 17.9. The molecule has 0 aromatic heterocycles. The minimum Gasteiger partial charge on any atom is -0.455 e. The summed E-state index contributed by atoms with van der Waals surface area (Å²) in [4.78, 5) is 24.9. The molecule has 1 aromatic carbocycles. The van der Waals surface area contributed by atoms with Crippen LogP contribution in [0, 0.1) is 23.2 Å². The van der Waals surface area contributed by atoms with Crippen LogP contribution in [0.5, 0.6) is 0 Å². The number of hydrazone groups is 1. The summed E-state index contributed by atoms with van der Waals surface area (Å²) in [7, 11) is 0. The van der Waals surface area contributed by atoms with E-state index in [0.29, 0.717) is 13.0 Å². The van der Waals surface area contributed by atoms with E-state index in [1.807, 2.05) is 30.3 Å². The average molecular weight is 380 g/mol. The highest BCUT2D eigenvalue weighted by Crippen LogP contribution is 2.61. The van der Waals surface area contributed by atoms with Gasteiger partial charge in [0, 0.05) is 6.42 Å². The predicted octanol–water partition coefficient (Wildman–Crippen LogP) is 3.77. The molecule has 0 saturated heterocycles. The van der Waals surface area contributed by atoms with E-state index in [2.05, 4.69) is 5.10 Å². The molecule has 148 valence electrons. The van der Waals surface area contributed by atoms with Gasteiger partial charge in [-0.25, -0.2) is 5.01 Å². The van der Waals surface area contributed by atoms with Gasteiger partial charge in [0.05, 0.1) is 18.7 Å². The number of rotatable bonds is 5. The summed E-state index contributed by atoms with van der Waals surface area (Å²) in [6, 6.07) is 9.89. The molecule has 1 heterocycles. The molecule has 1 aliphatic heterocycles. The number of benzene rings is 1. The lowest BCUT2D eigenvalue weighted by Gasteiger charge is -2.56. The Morgan fingerprint density at radius 3 is 2.32 bits per heavy atom. The summed E-state index contributed by atoms with van der Waals surface area (Å²) >= 11 is 0. The highest BCUT2D eigenvalue weighted by Gasteiger charge is 2.51. The number of carbonyl (C=O) groups excluding carboxylic acids is 2. The molecule has 4 saturated carbocycles. The van der Waals surface area contributed by atoms with Crippen molar-refractivity contribution in [3.63, 3.8) is 0 Å². The van der Waals surface area contributed by atoms with E-state index in [1.54, 1.807) is 0 Å². The fraction of sp³-hybridized carbons (Fsp3) is 0.609. The number of hydrogen-bond acceptors (Lipinski definition) is 4. The van der Waals surface area contributed by atoms with E-state index in [4.69, 9.17) is 4.74 Å². The highest BCUT2D eigenvalue weighted by atomic mass is 16.5. The zero-order chi connectivity index (χ0) is 19.1. The Kier molecular flexibility index (Phi) is 4.48. The molecule has 0 radical (unpaired) electrons. The average Bonchev–Trinajstić information content (AvgIpc) is 3.16. The molecule has 5 heteroatoms. The second-order valence-electron chi connectivity index (χ2n) is 9.43. The van der Waals surface area contributed by atoms with Crippen LogP contribution >= 0.6 is 0 Å². The molecule has 0 atom stereocenters. The highest BCUT2D eigenvalue weighted by molar-refractivity contribution is 6.02. The normalized spacial score (nSPS) is 33.1. The van der Waals surface area contributed by atoms with Gasteiger partial charge in [-0.1, -0.05) is 30.3 Å². The van der Waals surface area contributed by atoms with Gasteiger partial charge in [0.25, 0.3) is 5.91 Å². The number of ether oxygens (including phenoxy) is 1. The molecule has 5 nitrogen and oxygen atoms in total. The molecule has 4 fully saturated rings. The Bertz CT molecular complexity index is 766. The van der Waals surface area contributed by atoms with Crippen molar-refractivity contribution >= 4 is 17.6 Å². The molecule has 6 rings (SSSR count). The monoisotopic (exact) mass is 380 g/mol. The Labute approximate surface area is 166 Å². The number of nitrogens with zero attached hydrogens (tertiary/aromatic N) is 2. The molecule has 28 heavy (non-hydrogen) atoms. The molecule has 4 aliphatic carbocycles. The van der Waals surface area contributed by atoms with Gasteiger partial charge in [0.1, 0.15) is 0 Å². The SMILES string of the molecule is O=C(CC12CC3CC(CC(C3)C1)C2)OCC(=O)N1CCC(c2ccccc2)=N1. The maximum Gasteiger partial charge on any atom is 0.306 e. The summed E-state index contributed by atoms with van der Waals surface area (Å²) in [6.07, 6.45) is 8.85. The van der Waals surface area contributed by atoms with Crippen LogP contribution in [0.15, 0.2) is 35.4 Å². The van der Waals surface area contributed by atoms with Crippen molar-refractivity contribution < 1.29 is 14.3 Å². The van der Waals surface area contributed by atoms with Crippen molar-refractivity contribution in [2.45, 2.75) is 51.4 Å². The van der Waals surface area contributed by atoms with Gasteiger partial charge in [-0.15, -0.1) is 0 Å². The van der Waals surface area contributed by atoms with Gasteiger partial charge in [-0.05, 0) is 67.3 Å². The van der Waals surface area contributed by atoms with E-state index in [1.165, 1.54) is 43.5 Å². The van der Waals surface area contributed by atoms with E-state index in [0.717, 1.165) is 35.4 Å². The maximum atomic E-state index is 12.5. The Morgan fingerprint density at radius 1 is 1.04 bits per heavy atom. The minimum atomic E-state index is -0.232. The van der Waals surface area contributed by atoms with Gasteiger partial charge >= 0.3 is 5.97 Å². The fourth-order valence-electron chi connectivity index (χ4n) is 6.55. The second kappa shape index (κ2) is 7.02. The molecule has 4 bridgehead atoms. The van der Waals surface area contributed by atoms with Crippen molar-refractivity contribution in [2.24, 2.45) is 28.3 Å². The van der Waals surface area contributed by atoms with Crippen LogP contribution in [0.4, 0.5) is 0 Å². The smallest absolute Gasteiger partial charge is 0.306 e. The molecule has 5 aliphatic rings. The fourth-order valence-corrected chi connectivity index (χ4v) is 6.55. The summed E-state index contributed by atoms with van der Waals surface area (Å²) in [5, 5.41) is 5.87. The van der Waals surface area contributed by atoms with Crippen molar-refractivity contribution in [3.8, 4) is 0 Å². The van der Waals surface area contributed by atoms with Gasteiger partial charge in [-0.2, -0.15) is 5.10 Å². The van der Waals surface area contributed by atoms with Gasteiger partial charge in [0.15, 0.2) is 6.61 Å². The molecule has 0 unspecified atom stereocenters. The first-order valence-electron chi connectivity index (χ1n) is 10.7. The number of amides is 1. The molecular formula is C23H28N2O3. The van der Waals surface area contributed by atoms with Crippen molar-refractivity contribution in [1.82, 2.24) is 5.01 Å². The molecule has 1 amide bonds. The molecule has 1 aromatic rings. The maximum absolute atomic E-state index is 12.5. The Balaban J connectivity index is 1.14.